The number of hydrogen-bond acceptors (Lipinski definition) is 6. The van der Waals surface area contributed by atoms with E-state index in [9.17, 15) is 13.2 Å². The number of carbonyl (C=O) groups excluding carboxylic acids is 1. The van der Waals surface area contributed by atoms with Gasteiger partial charge in [-0.3, -0.25) is 13.9 Å². The Morgan fingerprint density at radius 2 is 1.76 bits per heavy atom. The summed E-state index contributed by atoms with van der Waals surface area (Å²) in [5.41, 5.74) is 2.58. The lowest BCUT2D eigenvalue weighted by molar-refractivity contribution is 0.0933. The highest BCUT2D eigenvalue weighted by Crippen LogP contribution is 2.20. The van der Waals surface area contributed by atoms with Gasteiger partial charge in [0, 0.05) is 17.4 Å². The fraction of sp³-hybridized carbons (Fsp3) is 0.208. The highest BCUT2D eigenvalue weighted by Gasteiger charge is 2.21. The van der Waals surface area contributed by atoms with Gasteiger partial charge in [-0.15, -0.1) is 10.2 Å². The van der Waals surface area contributed by atoms with E-state index in [0.717, 1.165) is 11.3 Å². The third-order valence-electron chi connectivity index (χ3n) is 5.30. The van der Waals surface area contributed by atoms with Crippen molar-refractivity contribution in [3.63, 3.8) is 0 Å². The van der Waals surface area contributed by atoms with E-state index in [-0.39, 0.29) is 16.8 Å². The number of amides is 1. The molecule has 0 spiro atoms. The molecule has 1 amide bonds. The highest BCUT2D eigenvalue weighted by atomic mass is 32.2. The first kappa shape index (κ1) is 23.8. The van der Waals surface area contributed by atoms with Crippen LogP contribution >= 0.6 is 11.8 Å². The Bertz CT molecular complexity index is 1380. The molecule has 0 bridgehead atoms. The molecule has 4 rings (SSSR count). The summed E-state index contributed by atoms with van der Waals surface area (Å²) in [5.74, 6) is 1.17. The second kappa shape index (κ2) is 10.3. The fourth-order valence-electron chi connectivity index (χ4n) is 3.46. The summed E-state index contributed by atoms with van der Waals surface area (Å²) in [6.45, 7) is 1.93. The van der Waals surface area contributed by atoms with Gasteiger partial charge < -0.3 is 5.32 Å². The molecule has 0 fully saturated rings. The van der Waals surface area contributed by atoms with Crippen molar-refractivity contribution in [1.29, 1.82) is 0 Å². The molecule has 34 heavy (non-hydrogen) atoms. The Hall–Kier alpha value is -3.37. The van der Waals surface area contributed by atoms with Crippen LogP contribution in [0.15, 0.2) is 77.8 Å². The normalized spacial score (nSPS) is 12.4. The number of benzene rings is 2. The lowest BCUT2D eigenvalue weighted by Crippen LogP contribution is -2.30. The van der Waals surface area contributed by atoms with Crippen molar-refractivity contribution < 1.29 is 13.2 Å². The van der Waals surface area contributed by atoms with E-state index >= 15 is 0 Å². The Balaban J connectivity index is 1.51. The first-order valence-corrected chi connectivity index (χ1v) is 13.5. The van der Waals surface area contributed by atoms with E-state index < -0.39 is 10.0 Å². The third-order valence-corrected chi connectivity index (χ3v) is 7.34. The minimum Gasteiger partial charge on any atom is -0.342 e. The first-order chi connectivity index (χ1) is 16.4. The molecule has 0 aliphatic carbocycles. The van der Waals surface area contributed by atoms with E-state index in [1.807, 2.05) is 54.1 Å². The van der Waals surface area contributed by atoms with Gasteiger partial charge in [0.1, 0.15) is 0 Å². The Morgan fingerprint density at radius 1 is 1.03 bits per heavy atom. The van der Waals surface area contributed by atoms with E-state index in [2.05, 4.69) is 20.2 Å². The molecule has 2 heterocycles. The topological polar surface area (TPSA) is 105 Å². The maximum atomic E-state index is 13.0. The van der Waals surface area contributed by atoms with Crippen LogP contribution in [0.1, 0.15) is 34.2 Å². The van der Waals surface area contributed by atoms with Crippen molar-refractivity contribution in [2.45, 2.75) is 24.3 Å². The molecular formula is C24H25N5O3S2. The quantitative estimate of drug-likeness (QED) is 0.363. The van der Waals surface area contributed by atoms with Gasteiger partial charge in [0.05, 0.1) is 10.9 Å². The molecule has 2 aromatic heterocycles. The molecule has 0 saturated carbocycles. The number of nitrogens with zero attached hydrogens (tertiary/aromatic N) is 3. The number of fused-ring (bicyclic) bond motifs is 1. The number of aromatic nitrogens is 3. The Kier molecular flexibility index (Phi) is 7.18. The van der Waals surface area contributed by atoms with Crippen LogP contribution in [-0.2, 0) is 10.0 Å². The van der Waals surface area contributed by atoms with Crippen LogP contribution in [0.5, 0.6) is 0 Å². The van der Waals surface area contributed by atoms with E-state index in [4.69, 9.17) is 0 Å². The maximum absolute atomic E-state index is 13.0. The zero-order chi connectivity index (χ0) is 24.1. The van der Waals surface area contributed by atoms with Crippen LogP contribution in [0.4, 0.5) is 5.69 Å². The van der Waals surface area contributed by atoms with Crippen molar-refractivity contribution in [3.8, 4) is 0 Å². The summed E-state index contributed by atoms with van der Waals surface area (Å²) < 4.78 is 29.8. The lowest BCUT2D eigenvalue weighted by Gasteiger charge is -2.17. The average molecular weight is 496 g/mol. The van der Waals surface area contributed by atoms with Gasteiger partial charge in [-0.1, -0.05) is 23.8 Å². The third kappa shape index (κ3) is 5.40. The monoisotopic (exact) mass is 495 g/mol. The van der Waals surface area contributed by atoms with Crippen LogP contribution in [-0.4, -0.2) is 40.9 Å². The summed E-state index contributed by atoms with van der Waals surface area (Å²) in [6, 6.07) is 18.2. The second-order valence-electron chi connectivity index (χ2n) is 7.79. The van der Waals surface area contributed by atoms with Crippen molar-refractivity contribution in [1.82, 2.24) is 19.9 Å². The summed E-state index contributed by atoms with van der Waals surface area (Å²) in [4.78, 5) is 13.1. The molecule has 10 heteroatoms. The van der Waals surface area contributed by atoms with Gasteiger partial charge in [-0.05, 0) is 73.9 Å². The summed E-state index contributed by atoms with van der Waals surface area (Å²) >= 11 is 1.68. The molecule has 0 aliphatic heterocycles. The molecule has 4 aromatic rings. The Morgan fingerprint density at radius 3 is 2.47 bits per heavy atom. The predicted octanol–water partition coefficient (Wildman–Crippen LogP) is 4.06. The van der Waals surface area contributed by atoms with Gasteiger partial charge in [0.2, 0.25) is 0 Å². The van der Waals surface area contributed by atoms with Crippen molar-refractivity contribution in [2.75, 3.05) is 16.7 Å². The van der Waals surface area contributed by atoms with Crippen molar-refractivity contribution in [2.24, 2.45) is 0 Å². The number of anilines is 1. The van der Waals surface area contributed by atoms with E-state index in [1.165, 1.54) is 24.3 Å². The van der Waals surface area contributed by atoms with Crippen molar-refractivity contribution in [3.05, 3.63) is 89.9 Å². The second-order valence-corrected chi connectivity index (χ2v) is 10.5. The van der Waals surface area contributed by atoms with E-state index in [1.54, 1.807) is 23.9 Å². The molecule has 0 radical (unpaired) electrons. The summed E-state index contributed by atoms with van der Waals surface area (Å²) in [7, 11) is -3.77. The van der Waals surface area contributed by atoms with Crippen LogP contribution in [0.2, 0.25) is 0 Å². The average Bonchev–Trinajstić information content (AvgIpc) is 3.27. The Labute approximate surface area is 202 Å². The number of rotatable bonds is 9. The lowest BCUT2D eigenvalue weighted by atomic mass is 10.1. The number of sulfonamides is 1. The smallest absolute Gasteiger partial charge is 0.261 e. The molecule has 8 nitrogen and oxygen atoms in total. The van der Waals surface area contributed by atoms with Gasteiger partial charge in [-0.2, -0.15) is 11.8 Å². The first-order valence-electron chi connectivity index (χ1n) is 10.7. The minimum atomic E-state index is -3.77. The predicted molar refractivity (Wildman–Crippen MR) is 135 cm³/mol. The molecule has 176 valence electrons. The van der Waals surface area contributed by atoms with Crippen LogP contribution in [0, 0.1) is 6.92 Å². The van der Waals surface area contributed by atoms with Gasteiger partial charge in [0.25, 0.3) is 15.9 Å². The minimum absolute atomic E-state index is 0.0759. The number of aryl methyl sites for hydroxylation is 1. The molecular weight excluding hydrogens is 470 g/mol. The molecule has 1 unspecified atom stereocenters. The van der Waals surface area contributed by atoms with Crippen molar-refractivity contribution >= 4 is 39.0 Å². The number of pyridine rings is 1. The number of carbonyl (C=O) groups is 1. The molecule has 1 atom stereocenters. The molecule has 0 aliphatic rings. The van der Waals surface area contributed by atoms with E-state index in [0.29, 0.717) is 29.1 Å². The number of thioether (sulfide) groups is 1. The standard InChI is InChI=1S/C24H25N5O3S2/c1-17-6-10-19(11-7-17)28-34(31,32)20-12-8-18(9-13-20)24(30)25-21(14-16-33-2)23-27-26-22-5-3-4-15-29(22)23/h3-13,15,21,28H,14,16H2,1-2H3,(H,25,30). The molecule has 0 saturated heterocycles. The zero-order valence-electron chi connectivity index (χ0n) is 18.8. The van der Waals surface area contributed by atoms with Gasteiger partial charge >= 0.3 is 0 Å². The largest absolute Gasteiger partial charge is 0.342 e. The van der Waals surface area contributed by atoms with Gasteiger partial charge in [0.15, 0.2) is 11.5 Å². The SMILES string of the molecule is CSCCC(NC(=O)c1ccc(S(=O)(=O)Nc2ccc(C)cc2)cc1)c1nnc2ccccn12. The highest BCUT2D eigenvalue weighted by molar-refractivity contribution is 7.98. The fourth-order valence-corrected chi connectivity index (χ4v) is 4.99. The van der Waals surface area contributed by atoms with Crippen LogP contribution in [0.3, 0.4) is 0 Å². The van der Waals surface area contributed by atoms with Crippen LogP contribution in [0.25, 0.3) is 5.65 Å². The van der Waals surface area contributed by atoms with Crippen LogP contribution < -0.4 is 10.0 Å². The zero-order valence-corrected chi connectivity index (χ0v) is 20.4. The summed E-state index contributed by atoms with van der Waals surface area (Å²) in [5, 5.41) is 11.5. The number of hydrogen-bond donors (Lipinski definition) is 2. The number of nitrogens with one attached hydrogen (secondary N) is 2. The molecule has 2 aromatic carbocycles. The molecule has 2 N–H and O–H groups in total. The maximum Gasteiger partial charge on any atom is 0.261 e. The summed E-state index contributed by atoms with van der Waals surface area (Å²) in [6.07, 6.45) is 4.55. The van der Waals surface area contributed by atoms with Gasteiger partial charge in [-0.25, -0.2) is 8.42 Å².